The zero-order chi connectivity index (χ0) is 18.7. The van der Waals surface area contributed by atoms with Gasteiger partial charge in [0.1, 0.15) is 5.97 Å². The molecule has 0 aromatic rings. The Morgan fingerprint density at radius 2 is 1.59 bits per heavy atom. The summed E-state index contributed by atoms with van der Waals surface area (Å²) in [4.78, 5) is 22.2. The third kappa shape index (κ3) is 3.42. The maximum atomic E-state index is 11.5. The molecule has 0 bridgehead atoms. The number of carboxylic acid groups (broad SMARTS) is 1. The van der Waals surface area contributed by atoms with Crippen molar-refractivity contribution in [3.63, 3.8) is 0 Å². The first-order chi connectivity index (χ1) is 12.3. The number of rotatable bonds is 1. The topological polar surface area (TPSA) is 69.2 Å². The SMILES string of the molecule is C[C@H]1CC[C@H]2C3CCC4CC(NC(=O)C(=O)[O-])CC[C@]4(C)C3CC[C@]12C.[Na+]. The molecule has 8 atom stereocenters. The van der Waals surface area contributed by atoms with E-state index in [0.29, 0.717) is 16.7 Å². The molecule has 5 heteroatoms. The van der Waals surface area contributed by atoms with Gasteiger partial charge in [0.25, 0.3) is 5.91 Å². The molecule has 146 valence electrons. The third-order valence-corrected chi connectivity index (χ3v) is 9.66. The summed E-state index contributed by atoms with van der Waals surface area (Å²) in [6.45, 7) is 7.54. The summed E-state index contributed by atoms with van der Waals surface area (Å²) in [6.07, 6.45) is 11.1. The van der Waals surface area contributed by atoms with Crippen molar-refractivity contribution in [1.29, 1.82) is 0 Å². The van der Waals surface area contributed by atoms with Gasteiger partial charge in [-0.3, -0.25) is 4.79 Å². The Hall–Kier alpha value is -0.0600. The van der Waals surface area contributed by atoms with Crippen LogP contribution in [0.15, 0.2) is 0 Å². The van der Waals surface area contributed by atoms with Crippen LogP contribution in [0.25, 0.3) is 0 Å². The number of fused-ring (bicyclic) bond motifs is 5. The maximum absolute atomic E-state index is 11.5. The van der Waals surface area contributed by atoms with Gasteiger partial charge in [0.05, 0.1) is 0 Å². The van der Waals surface area contributed by atoms with E-state index in [1.807, 2.05) is 0 Å². The van der Waals surface area contributed by atoms with Crippen molar-refractivity contribution in [3.05, 3.63) is 0 Å². The fraction of sp³-hybridized carbons (Fsp3) is 0.909. The largest absolute Gasteiger partial charge is 1.00 e. The average molecular weight is 384 g/mol. The van der Waals surface area contributed by atoms with Gasteiger partial charge in [0, 0.05) is 6.04 Å². The molecule has 0 saturated heterocycles. The third-order valence-electron chi connectivity index (χ3n) is 9.66. The second-order valence-electron chi connectivity index (χ2n) is 10.4. The minimum atomic E-state index is -1.61. The maximum Gasteiger partial charge on any atom is 1.00 e. The number of carbonyl (C=O) groups is 2. The van der Waals surface area contributed by atoms with Crippen LogP contribution in [0.2, 0.25) is 0 Å². The van der Waals surface area contributed by atoms with Crippen LogP contribution in [-0.4, -0.2) is 17.9 Å². The molecule has 0 aromatic heterocycles. The van der Waals surface area contributed by atoms with Gasteiger partial charge in [0.2, 0.25) is 0 Å². The number of hydrogen-bond acceptors (Lipinski definition) is 3. The van der Waals surface area contributed by atoms with Crippen LogP contribution >= 0.6 is 0 Å². The van der Waals surface area contributed by atoms with Crippen LogP contribution in [0.1, 0.15) is 78.6 Å². The first-order valence-corrected chi connectivity index (χ1v) is 10.8. The number of nitrogens with one attached hydrogen (secondary N) is 1. The van der Waals surface area contributed by atoms with E-state index in [-0.39, 0.29) is 35.6 Å². The van der Waals surface area contributed by atoms with Gasteiger partial charge in [-0.1, -0.05) is 20.8 Å². The first-order valence-electron chi connectivity index (χ1n) is 10.8. The summed E-state index contributed by atoms with van der Waals surface area (Å²) in [6, 6.07) is 0.00961. The molecule has 0 aromatic carbocycles. The van der Waals surface area contributed by atoms with Gasteiger partial charge < -0.3 is 15.2 Å². The molecule has 4 aliphatic rings. The van der Waals surface area contributed by atoms with Gasteiger partial charge in [-0.25, -0.2) is 0 Å². The molecule has 4 aliphatic carbocycles. The van der Waals surface area contributed by atoms with E-state index >= 15 is 0 Å². The Morgan fingerprint density at radius 1 is 0.926 bits per heavy atom. The van der Waals surface area contributed by atoms with E-state index in [1.54, 1.807) is 0 Å². The fourth-order valence-corrected chi connectivity index (χ4v) is 7.90. The zero-order valence-electron chi connectivity index (χ0n) is 17.6. The van der Waals surface area contributed by atoms with Crippen LogP contribution in [0, 0.1) is 40.4 Å². The molecular formula is C22H34NNaO3. The number of carbonyl (C=O) groups excluding carboxylic acids is 2. The van der Waals surface area contributed by atoms with Crippen LogP contribution < -0.4 is 40.0 Å². The molecule has 4 unspecified atom stereocenters. The van der Waals surface area contributed by atoms with Gasteiger partial charge in [-0.2, -0.15) is 0 Å². The minimum absolute atomic E-state index is 0. The van der Waals surface area contributed by atoms with Gasteiger partial charge in [0.15, 0.2) is 0 Å². The molecule has 4 fully saturated rings. The second kappa shape index (κ2) is 7.65. The molecule has 0 aliphatic heterocycles. The predicted molar refractivity (Wildman–Crippen MR) is 97.8 cm³/mol. The summed E-state index contributed by atoms with van der Waals surface area (Å²) in [5.74, 6) is 1.55. The Morgan fingerprint density at radius 3 is 2.30 bits per heavy atom. The van der Waals surface area contributed by atoms with Crippen molar-refractivity contribution < 1.29 is 44.3 Å². The molecule has 4 saturated carbocycles. The minimum Gasteiger partial charge on any atom is -0.540 e. The molecule has 0 heterocycles. The monoisotopic (exact) mass is 383 g/mol. The molecule has 0 radical (unpaired) electrons. The molecule has 27 heavy (non-hydrogen) atoms. The summed E-state index contributed by atoms with van der Waals surface area (Å²) in [5.41, 5.74) is 0.933. The summed E-state index contributed by atoms with van der Waals surface area (Å²) in [7, 11) is 0. The number of amides is 1. The van der Waals surface area contributed by atoms with E-state index in [2.05, 4.69) is 26.1 Å². The van der Waals surface area contributed by atoms with Crippen LogP contribution in [0.5, 0.6) is 0 Å². The van der Waals surface area contributed by atoms with Gasteiger partial charge in [-0.15, -0.1) is 0 Å². The number of carboxylic acids is 1. The van der Waals surface area contributed by atoms with E-state index in [9.17, 15) is 14.7 Å². The fourth-order valence-electron chi connectivity index (χ4n) is 7.90. The van der Waals surface area contributed by atoms with E-state index in [1.165, 1.54) is 38.5 Å². The first kappa shape index (κ1) is 21.6. The smallest absolute Gasteiger partial charge is 0.540 e. The zero-order valence-corrected chi connectivity index (χ0v) is 19.6. The average Bonchev–Trinajstić information content (AvgIpc) is 2.90. The molecule has 0 spiro atoms. The van der Waals surface area contributed by atoms with Crippen molar-refractivity contribution in [3.8, 4) is 0 Å². The van der Waals surface area contributed by atoms with Crippen molar-refractivity contribution in [2.75, 3.05) is 0 Å². The van der Waals surface area contributed by atoms with Crippen molar-refractivity contribution >= 4 is 11.9 Å². The Balaban J connectivity index is 0.00000210. The quantitative estimate of drug-likeness (QED) is 0.508. The summed E-state index contributed by atoms with van der Waals surface area (Å²) >= 11 is 0. The Labute approximate surface area is 185 Å². The van der Waals surface area contributed by atoms with Gasteiger partial charge in [-0.05, 0) is 98.2 Å². The summed E-state index contributed by atoms with van der Waals surface area (Å²) in [5, 5.41) is 13.4. The molecule has 4 rings (SSSR count). The standard InChI is InChI=1S/C22H35NO3.Na/c1-13-4-7-17-16-6-5-14-12-15(23-19(24)20(25)26)8-10-22(14,3)18(16)9-11-21(13,17)2;/h13-18H,4-12H2,1-3H3,(H,23,24)(H,25,26);/q;+1/p-1/t13-,14?,15?,16?,17-,18?,21+,22-;/m0./s1. The predicted octanol–water partition coefficient (Wildman–Crippen LogP) is -0.0961. The normalized spacial score (nSPS) is 48.4. The summed E-state index contributed by atoms with van der Waals surface area (Å²) < 4.78 is 0. The van der Waals surface area contributed by atoms with Crippen molar-refractivity contribution in [2.45, 2.75) is 84.6 Å². The van der Waals surface area contributed by atoms with Crippen LogP contribution in [-0.2, 0) is 9.59 Å². The van der Waals surface area contributed by atoms with Crippen molar-refractivity contribution in [2.24, 2.45) is 40.4 Å². The second-order valence-corrected chi connectivity index (χ2v) is 10.4. The molecular weight excluding hydrogens is 349 g/mol. The molecule has 1 amide bonds. The number of aliphatic carboxylic acids is 1. The number of hydrogen-bond donors (Lipinski definition) is 1. The van der Waals surface area contributed by atoms with Crippen molar-refractivity contribution in [1.82, 2.24) is 5.32 Å². The van der Waals surface area contributed by atoms with E-state index in [0.717, 1.165) is 42.9 Å². The van der Waals surface area contributed by atoms with Gasteiger partial charge >= 0.3 is 29.6 Å². The van der Waals surface area contributed by atoms with Crippen LogP contribution in [0.3, 0.4) is 0 Å². The van der Waals surface area contributed by atoms with E-state index < -0.39 is 11.9 Å². The Kier molecular flexibility index (Phi) is 6.13. The van der Waals surface area contributed by atoms with E-state index in [4.69, 9.17) is 0 Å². The molecule has 1 N–H and O–H groups in total. The molecule has 4 nitrogen and oxygen atoms in total. The Bertz CT molecular complexity index is 610. The van der Waals surface area contributed by atoms with Crippen LogP contribution in [0.4, 0.5) is 0 Å².